The number of aromatic nitrogens is 4. The van der Waals surface area contributed by atoms with Crippen molar-refractivity contribution in [2.45, 2.75) is 19.0 Å². The predicted molar refractivity (Wildman–Crippen MR) is 125 cm³/mol. The number of hydrogen-bond donors (Lipinski definition) is 2. The van der Waals surface area contributed by atoms with Gasteiger partial charge in [0.1, 0.15) is 5.69 Å². The van der Waals surface area contributed by atoms with E-state index in [0.717, 1.165) is 35.3 Å². The summed E-state index contributed by atoms with van der Waals surface area (Å²) in [5.41, 5.74) is 3.67. The first kappa shape index (κ1) is 21.6. The first-order chi connectivity index (χ1) is 16.6. The lowest BCUT2D eigenvalue weighted by molar-refractivity contribution is 0.0739. The molecule has 5 rings (SSSR count). The van der Waals surface area contributed by atoms with Crippen LogP contribution in [0.5, 0.6) is 17.2 Å². The van der Waals surface area contributed by atoms with Crippen LogP contribution in [0.2, 0.25) is 0 Å². The molecule has 2 N–H and O–H groups in total. The van der Waals surface area contributed by atoms with Gasteiger partial charge in [0.15, 0.2) is 11.5 Å². The number of rotatable bonds is 8. The average molecular weight is 460 g/mol. The van der Waals surface area contributed by atoms with Gasteiger partial charge in [-0.05, 0) is 24.1 Å². The molecule has 0 saturated carbocycles. The Morgan fingerprint density at radius 3 is 2.47 bits per heavy atom. The van der Waals surface area contributed by atoms with E-state index in [9.17, 15) is 9.90 Å². The van der Waals surface area contributed by atoms with Crippen molar-refractivity contribution >= 4 is 5.91 Å². The van der Waals surface area contributed by atoms with Gasteiger partial charge in [-0.15, -0.1) is 0 Å². The molecule has 1 atom stereocenters. The molecule has 0 fully saturated rings. The first-order valence-corrected chi connectivity index (χ1v) is 11.0. The van der Waals surface area contributed by atoms with E-state index in [1.54, 1.807) is 24.7 Å². The lowest BCUT2D eigenvalue weighted by Crippen LogP contribution is -2.31. The van der Waals surface area contributed by atoms with Gasteiger partial charge in [0, 0.05) is 36.6 Å². The number of hydrogen-bond acceptors (Lipinski definition) is 6. The summed E-state index contributed by atoms with van der Waals surface area (Å²) >= 11 is 0. The maximum absolute atomic E-state index is 13.5. The Labute approximate surface area is 196 Å². The van der Waals surface area contributed by atoms with E-state index in [0.29, 0.717) is 12.2 Å². The van der Waals surface area contributed by atoms with E-state index < -0.39 is 6.04 Å². The highest BCUT2D eigenvalue weighted by Gasteiger charge is 2.42. The quantitative estimate of drug-likeness (QED) is 0.417. The molecule has 34 heavy (non-hydrogen) atoms. The van der Waals surface area contributed by atoms with Crippen LogP contribution in [0.15, 0.2) is 61.2 Å². The number of methoxy groups -OCH3 is 2. The van der Waals surface area contributed by atoms with Crippen LogP contribution in [0, 0.1) is 0 Å². The van der Waals surface area contributed by atoms with Gasteiger partial charge < -0.3 is 24.0 Å². The van der Waals surface area contributed by atoms with Crippen LogP contribution >= 0.6 is 0 Å². The van der Waals surface area contributed by atoms with Gasteiger partial charge in [-0.3, -0.25) is 9.89 Å². The minimum absolute atomic E-state index is 0.0829. The third-order valence-corrected chi connectivity index (χ3v) is 6.10. The second-order valence-electron chi connectivity index (χ2n) is 8.06. The molecule has 4 aromatic rings. The second kappa shape index (κ2) is 8.93. The van der Waals surface area contributed by atoms with Crippen LogP contribution in [0.1, 0.15) is 34.1 Å². The fraction of sp³-hybridized carbons (Fsp3) is 0.240. The number of ether oxygens (including phenoxy) is 2. The van der Waals surface area contributed by atoms with Crippen LogP contribution in [0.3, 0.4) is 0 Å². The Morgan fingerprint density at radius 2 is 1.82 bits per heavy atom. The standard InChI is InChI=1S/C25H25N5O4/c1-33-18-13-17(14-19(34-2)24(18)31)23-20-21(16-7-4-3-5-8-16)27-28-22(20)25(32)30(23)11-6-10-29-12-9-26-15-29/h3-5,7-9,12-15,23,31H,6,10-11H2,1-2H3,(H,27,28). The maximum atomic E-state index is 13.5. The Morgan fingerprint density at radius 1 is 1.09 bits per heavy atom. The summed E-state index contributed by atoms with van der Waals surface area (Å²) in [6.45, 7) is 1.25. The lowest BCUT2D eigenvalue weighted by atomic mass is 9.95. The number of aromatic amines is 1. The summed E-state index contributed by atoms with van der Waals surface area (Å²) in [6, 6.07) is 12.8. The SMILES string of the molecule is COc1cc(C2c3c(-c4ccccc4)n[nH]c3C(=O)N2CCCn2ccnc2)cc(OC)c1O. The van der Waals surface area contributed by atoms with Crippen LogP contribution in [-0.2, 0) is 6.54 Å². The molecule has 3 heterocycles. The second-order valence-corrected chi connectivity index (χ2v) is 8.06. The molecule has 9 heteroatoms. The van der Waals surface area contributed by atoms with Gasteiger partial charge >= 0.3 is 0 Å². The zero-order valence-electron chi connectivity index (χ0n) is 18.9. The normalized spacial score (nSPS) is 14.9. The summed E-state index contributed by atoms with van der Waals surface area (Å²) in [7, 11) is 2.97. The number of imidazole rings is 1. The highest BCUT2D eigenvalue weighted by Crippen LogP contribution is 2.47. The number of carbonyl (C=O) groups is 1. The summed E-state index contributed by atoms with van der Waals surface area (Å²) in [5, 5.41) is 17.9. The lowest BCUT2D eigenvalue weighted by Gasteiger charge is -2.27. The molecule has 2 aromatic heterocycles. The smallest absolute Gasteiger partial charge is 0.273 e. The van der Waals surface area contributed by atoms with E-state index in [1.807, 2.05) is 46.0 Å². The zero-order chi connectivity index (χ0) is 23.7. The molecular formula is C25H25N5O4. The number of aromatic hydroxyl groups is 1. The molecule has 0 bridgehead atoms. The Balaban J connectivity index is 1.59. The number of nitrogens with one attached hydrogen (secondary N) is 1. The van der Waals surface area contributed by atoms with Crippen molar-refractivity contribution in [3.63, 3.8) is 0 Å². The summed E-state index contributed by atoms with van der Waals surface area (Å²) in [5.74, 6) is 0.350. The molecule has 9 nitrogen and oxygen atoms in total. The van der Waals surface area contributed by atoms with E-state index in [1.165, 1.54) is 14.2 Å². The number of phenols is 1. The Kier molecular flexibility index (Phi) is 5.67. The number of benzene rings is 2. The third-order valence-electron chi connectivity index (χ3n) is 6.10. The molecule has 2 aromatic carbocycles. The van der Waals surface area contributed by atoms with Crippen molar-refractivity contribution in [1.82, 2.24) is 24.6 Å². The molecular weight excluding hydrogens is 434 g/mol. The molecule has 174 valence electrons. The van der Waals surface area contributed by atoms with Crippen molar-refractivity contribution in [3.05, 3.63) is 78.0 Å². The van der Waals surface area contributed by atoms with Crippen LogP contribution < -0.4 is 9.47 Å². The minimum atomic E-state index is -0.428. The number of aryl methyl sites for hydroxylation is 1. The third kappa shape index (κ3) is 3.64. The molecule has 0 aliphatic carbocycles. The van der Waals surface area contributed by atoms with E-state index >= 15 is 0 Å². The van der Waals surface area contributed by atoms with Gasteiger partial charge in [-0.2, -0.15) is 5.10 Å². The van der Waals surface area contributed by atoms with Crippen molar-refractivity contribution in [3.8, 4) is 28.5 Å². The number of carbonyl (C=O) groups excluding carboxylic acids is 1. The van der Waals surface area contributed by atoms with Gasteiger partial charge in [0.25, 0.3) is 5.91 Å². The van der Waals surface area contributed by atoms with E-state index in [2.05, 4.69) is 15.2 Å². The highest BCUT2D eigenvalue weighted by molar-refractivity contribution is 6.00. The molecule has 1 unspecified atom stereocenters. The van der Waals surface area contributed by atoms with Crippen molar-refractivity contribution in [2.24, 2.45) is 0 Å². The number of nitrogens with zero attached hydrogens (tertiary/aromatic N) is 4. The topological polar surface area (TPSA) is 106 Å². The van der Waals surface area contributed by atoms with Crippen LogP contribution in [-0.4, -0.2) is 56.4 Å². The fourth-order valence-electron chi connectivity index (χ4n) is 4.50. The monoisotopic (exact) mass is 459 g/mol. The zero-order valence-corrected chi connectivity index (χ0v) is 18.9. The molecule has 1 aliphatic rings. The Bertz CT molecular complexity index is 1280. The fourth-order valence-corrected chi connectivity index (χ4v) is 4.50. The van der Waals surface area contributed by atoms with Gasteiger partial charge in [-0.25, -0.2) is 4.98 Å². The summed E-state index contributed by atoms with van der Waals surface area (Å²) < 4.78 is 12.8. The first-order valence-electron chi connectivity index (χ1n) is 11.0. The minimum Gasteiger partial charge on any atom is -0.502 e. The van der Waals surface area contributed by atoms with Crippen molar-refractivity contribution < 1.29 is 19.4 Å². The van der Waals surface area contributed by atoms with E-state index in [4.69, 9.17) is 9.47 Å². The van der Waals surface area contributed by atoms with Gasteiger partial charge in [-0.1, -0.05) is 30.3 Å². The van der Waals surface area contributed by atoms with Gasteiger partial charge in [0.2, 0.25) is 5.75 Å². The molecule has 0 spiro atoms. The molecule has 1 aliphatic heterocycles. The maximum Gasteiger partial charge on any atom is 0.273 e. The number of H-pyrrole nitrogens is 1. The van der Waals surface area contributed by atoms with Crippen molar-refractivity contribution in [1.29, 1.82) is 0 Å². The molecule has 0 saturated heterocycles. The Hall–Kier alpha value is -4.27. The van der Waals surface area contributed by atoms with Gasteiger partial charge in [0.05, 0.1) is 32.3 Å². The van der Waals surface area contributed by atoms with Crippen LogP contribution in [0.25, 0.3) is 11.3 Å². The molecule has 1 amide bonds. The largest absolute Gasteiger partial charge is 0.502 e. The average Bonchev–Trinajstić information content (AvgIpc) is 3.59. The predicted octanol–water partition coefficient (Wildman–Crippen LogP) is 3.63. The number of phenolic OH excluding ortho intramolecular Hbond substituents is 1. The molecule has 0 radical (unpaired) electrons. The summed E-state index contributed by atoms with van der Waals surface area (Å²) in [6.07, 6.45) is 6.14. The van der Waals surface area contributed by atoms with E-state index in [-0.39, 0.29) is 23.2 Å². The summed E-state index contributed by atoms with van der Waals surface area (Å²) in [4.78, 5) is 19.4. The van der Waals surface area contributed by atoms with Crippen LogP contribution in [0.4, 0.5) is 0 Å². The number of fused-ring (bicyclic) bond motifs is 1. The van der Waals surface area contributed by atoms with Crippen molar-refractivity contribution in [2.75, 3.05) is 20.8 Å². The highest BCUT2D eigenvalue weighted by atomic mass is 16.5. The number of amides is 1.